The Morgan fingerprint density at radius 3 is 2.42 bits per heavy atom. The highest BCUT2D eigenvalue weighted by Gasteiger charge is 2.23. The molecule has 0 aliphatic rings. The molecule has 2 atom stereocenters. The standard InChI is InChI=1S/C15H24ClFN2/c1-10(2)7-11(3)19(4)15(9-18)13-6-5-12(16)8-14(13)17/h5-6,8,10-11,15H,7,9,18H2,1-4H3. The smallest absolute Gasteiger partial charge is 0.129 e. The fourth-order valence-corrected chi connectivity index (χ4v) is 2.60. The number of likely N-dealkylation sites (N-methyl/N-ethyl adjacent to an activating group) is 1. The number of hydrogen-bond donors (Lipinski definition) is 1. The zero-order chi connectivity index (χ0) is 14.6. The lowest BCUT2D eigenvalue weighted by Gasteiger charge is -2.33. The van der Waals surface area contributed by atoms with Crippen molar-refractivity contribution in [3.8, 4) is 0 Å². The summed E-state index contributed by atoms with van der Waals surface area (Å²) in [6.07, 6.45) is 1.06. The topological polar surface area (TPSA) is 29.3 Å². The zero-order valence-corrected chi connectivity index (χ0v) is 12.9. The van der Waals surface area contributed by atoms with Crippen molar-refractivity contribution in [2.45, 2.75) is 39.3 Å². The van der Waals surface area contributed by atoms with Crippen LogP contribution in [0.25, 0.3) is 0 Å². The minimum absolute atomic E-state index is 0.119. The van der Waals surface area contributed by atoms with Crippen molar-refractivity contribution in [3.05, 3.63) is 34.6 Å². The summed E-state index contributed by atoms with van der Waals surface area (Å²) in [6, 6.07) is 5.02. The van der Waals surface area contributed by atoms with E-state index < -0.39 is 0 Å². The maximum atomic E-state index is 14.0. The van der Waals surface area contributed by atoms with Gasteiger partial charge in [-0.2, -0.15) is 0 Å². The molecule has 0 amide bonds. The van der Waals surface area contributed by atoms with Crippen LogP contribution in [0.15, 0.2) is 18.2 Å². The number of benzene rings is 1. The van der Waals surface area contributed by atoms with Crippen molar-refractivity contribution >= 4 is 11.6 Å². The van der Waals surface area contributed by atoms with E-state index in [1.54, 1.807) is 12.1 Å². The van der Waals surface area contributed by atoms with Crippen molar-refractivity contribution in [2.75, 3.05) is 13.6 Å². The Bertz CT molecular complexity index is 409. The quantitative estimate of drug-likeness (QED) is 0.861. The molecule has 0 aliphatic heterocycles. The van der Waals surface area contributed by atoms with Gasteiger partial charge in [-0.05, 0) is 38.4 Å². The number of hydrogen-bond acceptors (Lipinski definition) is 2. The molecule has 1 rings (SSSR count). The molecule has 0 radical (unpaired) electrons. The zero-order valence-electron chi connectivity index (χ0n) is 12.2. The van der Waals surface area contributed by atoms with E-state index in [0.29, 0.717) is 29.1 Å². The largest absolute Gasteiger partial charge is 0.329 e. The van der Waals surface area contributed by atoms with E-state index in [-0.39, 0.29) is 11.9 Å². The summed E-state index contributed by atoms with van der Waals surface area (Å²) in [6.45, 7) is 6.91. The van der Waals surface area contributed by atoms with Crippen LogP contribution in [0, 0.1) is 11.7 Å². The Balaban J connectivity index is 2.93. The van der Waals surface area contributed by atoms with Crippen molar-refractivity contribution in [3.63, 3.8) is 0 Å². The molecule has 0 fully saturated rings. The first kappa shape index (κ1) is 16.4. The summed E-state index contributed by atoms with van der Waals surface area (Å²) in [4.78, 5) is 2.15. The van der Waals surface area contributed by atoms with Gasteiger partial charge in [0.15, 0.2) is 0 Å². The maximum absolute atomic E-state index is 14.0. The summed E-state index contributed by atoms with van der Waals surface area (Å²) >= 11 is 5.79. The van der Waals surface area contributed by atoms with Gasteiger partial charge in [-0.25, -0.2) is 4.39 Å². The lowest BCUT2D eigenvalue weighted by atomic mass is 9.99. The van der Waals surface area contributed by atoms with Crippen LogP contribution in [-0.4, -0.2) is 24.5 Å². The molecular formula is C15H24ClFN2. The third-order valence-corrected chi connectivity index (χ3v) is 3.78. The average Bonchev–Trinajstić information content (AvgIpc) is 2.31. The first-order chi connectivity index (χ1) is 8.86. The molecule has 2 N–H and O–H groups in total. The molecule has 0 aromatic heterocycles. The lowest BCUT2D eigenvalue weighted by molar-refractivity contribution is 0.166. The van der Waals surface area contributed by atoms with Gasteiger partial charge in [0, 0.05) is 29.2 Å². The predicted molar refractivity (Wildman–Crippen MR) is 79.9 cm³/mol. The molecule has 4 heteroatoms. The van der Waals surface area contributed by atoms with Gasteiger partial charge in [0.05, 0.1) is 0 Å². The lowest BCUT2D eigenvalue weighted by Crippen LogP contribution is -2.38. The van der Waals surface area contributed by atoms with E-state index in [2.05, 4.69) is 25.7 Å². The van der Waals surface area contributed by atoms with E-state index in [0.717, 1.165) is 6.42 Å². The number of nitrogens with two attached hydrogens (primary N) is 1. The number of halogens is 2. The maximum Gasteiger partial charge on any atom is 0.129 e. The van der Waals surface area contributed by atoms with Gasteiger partial charge in [0.2, 0.25) is 0 Å². The summed E-state index contributed by atoms with van der Waals surface area (Å²) in [5.41, 5.74) is 6.46. The van der Waals surface area contributed by atoms with Gasteiger partial charge in [0.1, 0.15) is 5.82 Å². The van der Waals surface area contributed by atoms with Crippen LogP contribution in [0.4, 0.5) is 4.39 Å². The molecule has 0 heterocycles. The first-order valence-electron chi connectivity index (χ1n) is 6.73. The van der Waals surface area contributed by atoms with Crippen molar-refractivity contribution in [2.24, 2.45) is 11.7 Å². The average molecular weight is 287 g/mol. The molecule has 19 heavy (non-hydrogen) atoms. The molecule has 1 aromatic carbocycles. The van der Waals surface area contributed by atoms with Gasteiger partial charge in [-0.15, -0.1) is 0 Å². The van der Waals surface area contributed by atoms with Crippen LogP contribution in [0.3, 0.4) is 0 Å². The predicted octanol–water partition coefficient (Wildman–Crippen LogP) is 3.85. The van der Waals surface area contributed by atoms with E-state index in [1.165, 1.54) is 6.07 Å². The molecule has 0 aliphatic carbocycles. The second kappa shape index (κ2) is 7.22. The van der Waals surface area contributed by atoms with Crippen LogP contribution in [0.1, 0.15) is 38.8 Å². The molecule has 0 saturated carbocycles. The molecule has 2 nitrogen and oxygen atoms in total. The van der Waals surface area contributed by atoms with Crippen molar-refractivity contribution in [1.82, 2.24) is 4.90 Å². The summed E-state index contributed by atoms with van der Waals surface area (Å²) in [5.74, 6) is 0.317. The summed E-state index contributed by atoms with van der Waals surface area (Å²) in [7, 11) is 2.00. The minimum Gasteiger partial charge on any atom is -0.329 e. The van der Waals surface area contributed by atoms with Gasteiger partial charge in [-0.3, -0.25) is 4.90 Å². The van der Waals surface area contributed by atoms with Crippen LogP contribution < -0.4 is 5.73 Å². The second-order valence-electron chi connectivity index (χ2n) is 5.56. The van der Waals surface area contributed by atoms with Gasteiger partial charge >= 0.3 is 0 Å². The number of nitrogens with zero attached hydrogens (tertiary/aromatic N) is 1. The van der Waals surface area contributed by atoms with Gasteiger partial charge in [-0.1, -0.05) is 31.5 Å². The monoisotopic (exact) mass is 286 g/mol. The van der Waals surface area contributed by atoms with Crippen LogP contribution in [0.5, 0.6) is 0 Å². The van der Waals surface area contributed by atoms with Crippen molar-refractivity contribution in [1.29, 1.82) is 0 Å². The first-order valence-corrected chi connectivity index (χ1v) is 7.11. The highest BCUT2D eigenvalue weighted by atomic mass is 35.5. The summed E-state index contributed by atoms with van der Waals surface area (Å²) < 4.78 is 14.0. The van der Waals surface area contributed by atoms with E-state index in [1.807, 2.05) is 7.05 Å². The van der Waals surface area contributed by atoms with E-state index >= 15 is 0 Å². The molecule has 0 saturated heterocycles. The normalized spacial score (nSPS) is 15.0. The van der Waals surface area contributed by atoms with E-state index in [9.17, 15) is 4.39 Å². The highest BCUT2D eigenvalue weighted by molar-refractivity contribution is 6.30. The van der Waals surface area contributed by atoms with Crippen LogP contribution in [-0.2, 0) is 0 Å². The van der Waals surface area contributed by atoms with Gasteiger partial charge < -0.3 is 5.73 Å². The molecule has 0 spiro atoms. The van der Waals surface area contributed by atoms with Gasteiger partial charge in [0.25, 0.3) is 0 Å². The third kappa shape index (κ3) is 4.44. The number of rotatable bonds is 6. The third-order valence-electron chi connectivity index (χ3n) is 3.54. The molecular weight excluding hydrogens is 263 g/mol. The van der Waals surface area contributed by atoms with E-state index in [4.69, 9.17) is 17.3 Å². The molecule has 0 bridgehead atoms. The Morgan fingerprint density at radius 1 is 1.32 bits per heavy atom. The fourth-order valence-electron chi connectivity index (χ4n) is 2.44. The fraction of sp³-hybridized carbons (Fsp3) is 0.600. The Hall–Kier alpha value is -0.640. The molecule has 1 aromatic rings. The SMILES string of the molecule is CC(C)CC(C)N(C)C(CN)c1ccc(Cl)cc1F. The minimum atomic E-state index is -0.286. The van der Waals surface area contributed by atoms with Crippen molar-refractivity contribution < 1.29 is 4.39 Å². The Kier molecular flexibility index (Phi) is 6.24. The second-order valence-corrected chi connectivity index (χ2v) is 6.00. The van der Waals surface area contributed by atoms with Crippen LogP contribution in [0.2, 0.25) is 5.02 Å². The summed E-state index contributed by atoms with van der Waals surface area (Å²) in [5, 5.41) is 0.412. The molecule has 108 valence electrons. The molecule has 2 unspecified atom stereocenters. The Morgan fingerprint density at radius 2 is 1.95 bits per heavy atom. The van der Waals surface area contributed by atoms with Crippen LogP contribution >= 0.6 is 11.6 Å². The Labute approximate surface area is 120 Å². The highest BCUT2D eigenvalue weighted by Crippen LogP contribution is 2.26.